The number of rotatable bonds is 7. The third-order valence-electron chi connectivity index (χ3n) is 3.79. The summed E-state index contributed by atoms with van der Waals surface area (Å²) in [5.41, 5.74) is 6.36. The molecule has 2 atom stereocenters. The molecule has 0 aliphatic heterocycles. The Balaban J connectivity index is 1.64. The maximum absolute atomic E-state index is 9.14. The Morgan fingerprint density at radius 2 is 1.86 bits per heavy atom. The van der Waals surface area contributed by atoms with Crippen LogP contribution in [-0.2, 0) is 11.2 Å². The molecule has 122 valence electrons. The largest absolute Gasteiger partial charge is 0.491 e. The minimum Gasteiger partial charge on any atom is -0.491 e. The van der Waals surface area contributed by atoms with Crippen molar-refractivity contribution in [2.45, 2.75) is 50.9 Å². The second-order valence-corrected chi connectivity index (χ2v) is 5.74. The van der Waals surface area contributed by atoms with Gasteiger partial charge in [0.05, 0.1) is 12.7 Å². The summed E-state index contributed by atoms with van der Waals surface area (Å²) in [7, 11) is 0. The van der Waals surface area contributed by atoms with Crippen molar-refractivity contribution in [1.82, 2.24) is 0 Å². The van der Waals surface area contributed by atoms with Gasteiger partial charge in [-0.3, -0.25) is 0 Å². The third-order valence-corrected chi connectivity index (χ3v) is 3.79. The van der Waals surface area contributed by atoms with Crippen LogP contribution in [-0.4, -0.2) is 30.7 Å². The standard InChI is InChI=1S/C18H27NO3/c19-18(20)14-15-8-10-17(11-9-15)22-13-12-21-16-6-4-2-1-3-5-7-16/h1-2,8-11,16,18,20H,3-7,12-14,19H2/b2-1+. The van der Waals surface area contributed by atoms with E-state index in [9.17, 15) is 0 Å². The fourth-order valence-corrected chi connectivity index (χ4v) is 2.63. The molecule has 0 saturated carbocycles. The molecule has 1 aromatic rings. The van der Waals surface area contributed by atoms with Crippen molar-refractivity contribution >= 4 is 0 Å². The molecule has 0 radical (unpaired) electrons. The Kier molecular flexibility index (Phi) is 7.43. The summed E-state index contributed by atoms with van der Waals surface area (Å²) in [6.45, 7) is 1.18. The van der Waals surface area contributed by atoms with Crippen LogP contribution in [0.1, 0.15) is 37.7 Å². The normalized spacial score (nSPS) is 21.6. The highest BCUT2D eigenvalue weighted by molar-refractivity contribution is 5.27. The number of ether oxygens (including phenoxy) is 2. The van der Waals surface area contributed by atoms with Crippen LogP contribution in [0.4, 0.5) is 0 Å². The summed E-state index contributed by atoms with van der Waals surface area (Å²) in [6.07, 6.45) is 10.3. The predicted octanol–water partition coefficient (Wildman–Crippen LogP) is 2.79. The molecule has 4 nitrogen and oxygen atoms in total. The molecule has 0 spiro atoms. The zero-order chi connectivity index (χ0) is 15.6. The van der Waals surface area contributed by atoms with Gasteiger partial charge in [-0.25, -0.2) is 0 Å². The molecule has 1 aliphatic rings. The quantitative estimate of drug-likeness (QED) is 0.462. The molecular formula is C18H27NO3. The molecule has 1 aromatic carbocycles. The number of allylic oxidation sites excluding steroid dienone is 2. The van der Waals surface area contributed by atoms with Crippen LogP contribution in [0.15, 0.2) is 36.4 Å². The molecule has 2 unspecified atom stereocenters. The first-order valence-electron chi connectivity index (χ1n) is 8.16. The number of nitrogens with two attached hydrogens (primary N) is 1. The molecule has 0 fully saturated rings. The van der Waals surface area contributed by atoms with Crippen molar-refractivity contribution in [2.24, 2.45) is 5.73 Å². The van der Waals surface area contributed by atoms with Gasteiger partial charge in [-0.2, -0.15) is 0 Å². The summed E-state index contributed by atoms with van der Waals surface area (Å²) in [5.74, 6) is 0.819. The lowest BCUT2D eigenvalue weighted by atomic mass is 10.0. The van der Waals surface area contributed by atoms with Gasteiger partial charge in [0, 0.05) is 6.42 Å². The van der Waals surface area contributed by atoms with Gasteiger partial charge in [-0.15, -0.1) is 0 Å². The van der Waals surface area contributed by atoms with E-state index in [4.69, 9.17) is 20.3 Å². The maximum Gasteiger partial charge on any atom is 0.119 e. The van der Waals surface area contributed by atoms with Gasteiger partial charge in [0.15, 0.2) is 0 Å². The molecular weight excluding hydrogens is 278 g/mol. The maximum atomic E-state index is 9.14. The second kappa shape index (κ2) is 9.62. The van der Waals surface area contributed by atoms with Crippen molar-refractivity contribution < 1.29 is 14.6 Å². The Hall–Kier alpha value is -1.36. The van der Waals surface area contributed by atoms with E-state index in [1.807, 2.05) is 24.3 Å². The monoisotopic (exact) mass is 305 g/mol. The number of aliphatic hydroxyl groups is 1. The van der Waals surface area contributed by atoms with Crippen LogP contribution >= 0.6 is 0 Å². The van der Waals surface area contributed by atoms with Gasteiger partial charge >= 0.3 is 0 Å². The fourth-order valence-electron chi connectivity index (χ4n) is 2.63. The smallest absolute Gasteiger partial charge is 0.119 e. The van der Waals surface area contributed by atoms with Gasteiger partial charge in [0.2, 0.25) is 0 Å². The van der Waals surface area contributed by atoms with Crippen molar-refractivity contribution in [3.05, 3.63) is 42.0 Å². The van der Waals surface area contributed by atoms with E-state index in [0.717, 1.165) is 30.6 Å². The highest BCUT2D eigenvalue weighted by Crippen LogP contribution is 2.16. The minimum absolute atomic E-state index is 0.363. The molecule has 0 saturated heterocycles. The van der Waals surface area contributed by atoms with E-state index < -0.39 is 6.23 Å². The van der Waals surface area contributed by atoms with E-state index in [0.29, 0.717) is 25.7 Å². The van der Waals surface area contributed by atoms with Crippen molar-refractivity contribution in [2.75, 3.05) is 13.2 Å². The zero-order valence-electron chi connectivity index (χ0n) is 13.1. The Morgan fingerprint density at radius 1 is 1.09 bits per heavy atom. The van der Waals surface area contributed by atoms with Crippen LogP contribution < -0.4 is 10.5 Å². The van der Waals surface area contributed by atoms with Crippen LogP contribution in [0.25, 0.3) is 0 Å². The molecule has 1 aliphatic carbocycles. The zero-order valence-corrected chi connectivity index (χ0v) is 13.1. The minimum atomic E-state index is -0.807. The van der Waals surface area contributed by atoms with Crippen LogP contribution in [0.5, 0.6) is 5.75 Å². The Labute approximate surface area is 132 Å². The molecule has 0 aromatic heterocycles. The van der Waals surface area contributed by atoms with Gasteiger partial charge in [-0.05, 0) is 49.8 Å². The lowest BCUT2D eigenvalue weighted by Crippen LogP contribution is -2.21. The topological polar surface area (TPSA) is 64.7 Å². The Morgan fingerprint density at radius 3 is 2.64 bits per heavy atom. The first-order chi connectivity index (χ1) is 10.7. The molecule has 2 rings (SSSR count). The van der Waals surface area contributed by atoms with Gasteiger partial charge in [-0.1, -0.05) is 24.3 Å². The first kappa shape index (κ1) is 17.0. The number of benzene rings is 1. The molecule has 0 bridgehead atoms. The van der Waals surface area contributed by atoms with E-state index in [1.54, 1.807) is 0 Å². The number of hydrogen-bond acceptors (Lipinski definition) is 4. The summed E-state index contributed by atoms with van der Waals surface area (Å²) in [6, 6.07) is 7.65. The predicted molar refractivity (Wildman–Crippen MR) is 87.8 cm³/mol. The van der Waals surface area contributed by atoms with Gasteiger partial charge in [0.1, 0.15) is 18.6 Å². The summed E-state index contributed by atoms with van der Waals surface area (Å²) in [5, 5.41) is 9.14. The molecule has 0 heterocycles. The van der Waals surface area contributed by atoms with E-state index in [2.05, 4.69) is 12.2 Å². The van der Waals surface area contributed by atoms with Crippen LogP contribution in [0.2, 0.25) is 0 Å². The van der Waals surface area contributed by atoms with E-state index in [1.165, 1.54) is 12.8 Å². The number of hydrogen-bond donors (Lipinski definition) is 2. The Bertz CT molecular complexity index is 442. The summed E-state index contributed by atoms with van der Waals surface area (Å²) < 4.78 is 11.6. The lowest BCUT2D eigenvalue weighted by molar-refractivity contribution is 0.0231. The lowest BCUT2D eigenvalue weighted by Gasteiger charge is -2.18. The number of aliphatic hydroxyl groups excluding tert-OH is 1. The van der Waals surface area contributed by atoms with Crippen molar-refractivity contribution in [3.63, 3.8) is 0 Å². The van der Waals surface area contributed by atoms with Crippen molar-refractivity contribution in [3.8, 4) is 5.75 Å². The summed E-state index contributed by atoms with van der Waals surface area (Å²) >= 11 is 0. The average molecular weight is 305 g/mol. The van der Waals surface area contributed by atoms with Crippen LogP contribution in [0, 0.1) is 0 Å². The first-order valence-corrected chi connectivity index (χ1v) is 8.16. The molecule has 3 N–H and O–H groups in total. The molecule has 4 heteroatoms. The fraction of sp³-hybridized carbons (Fsp3) is 0.556. The third kappa shape index (κ3) is 6.60. The highest BCUT2D eigenvalue weighted by Gasteiger charge is 2.09. The second-order valence-electron chi connectivity index (χ2n) is 5.74. The average Bonchev–Trinajstić information content (AvgIpc) is 2.46. The summed E-state index contributed by atoms with van der Waals surface area (Å²) in [4.78, 5) is 0. The van der Waals surface area contributed by atoms with Crippen molar-refractivity contribution in [1.29, 1.82) is 0 Å². The van der Waals surface area contributed by atoms with E-state index in [-0.39, 0.29) is 0 Å². The van der Waals surface area contributed by atoms with Gasteiger partial charge in [0.25, 0.3) is 0 Å². The molecule has 0 amide bonds. The highest BCUT2D eigenvalue weighted by atomic mass is 16.5. The van der Waals surface area contributed by atoms with Crippen LogP contribution in [0.3, 0.4) is 0 Å². The van der Waals surface area contributed by atoms with Gasteiger partial charge < -0.3 is 20.3 Å². The SMILES string of the molecule is NC(O)Cc1ccc(OCCOC2CC/C=C/CCC2)cc1. The van der Waals surface area contributed by atoms with E-state index >= 15 is 0 Å². The molecule has 22 heavy (non-hydrogen) atoms.